The Labute approximate surface area is 291 Å². The van der Waals surface area contributed by atoms with Crippen LogP contribution in [0.1, 0.15) is 0 Å². The Morgan fingerprint density at radius 1 is 0.320 bits per heavy atom. The predicted octanol–water partition coefficient (Wildman–Crippen LogP) is 12.2. The van der Waals surface area contributed by atoms with Crippen molar-refractivity contribution in [2.75, 3.05) is 0 Å². The third kappa shape index (κ3) is 5.61. The molecule has 0 aliphatic rings. The van der Waals surface area contributed by atoms with E-state index in [4.69, 9.17) is 9.97 Å². The highest BCUT2D eigenvalue weighted by Gasteiger charge is 2.15. The Kier molecular flexibility index (Phi) is 7.49. The Morgan fingerprint density at radius 2 is 0.820 bits per heavy atom. The van der Waals surface area contributed by atoms with E-state index in [1.165, 1.54) is 27.1 Å². The van der Waals surface area contributed by atoms with Gasteiger partial charge in [-0.15, -0.1) is 0 Å². The van der Waals surface area contributed by atoms with E-state index in [1.807, 2.05) is 18.3 Å². The van der Waals surface area contributed by atoms with E-state index in [9.17, 15) is 0 Å². The third-order valence-corrected chi connectivity index (χ3v) is 9.41. The lowest BCUT2D eigenvalue weighted by Crippen LogP contribution is -1.97. The van der Waals surface area contributed by atoms with Crippen LogP contribution in [0.4, 0.5) is 0 Å². The van der Waals surface area contributed by atoms with Crippen molar-refractivity contribution in [2.45, 2.75) is 0 Å². The van der Waals surface area contributed by atoms with Crippen LogP contribution in [0.5, 0.6) is 0 Å². The van der Waals surface area contributed by atoms with Crippen LogP contribution in [0.3, 0.4) is 0 Å². The van der Waals surface area contributed by atoms with E-state index in [1.54, 1.807) is 6.20 Å². The molecule has 50 heavy (non-hydrogen) atoms. The smallest absolute Gasteiger partial charge is 0.160 e. The van der Waals surface area contributed by atoms with Crippen molar-refractivity contribution in [2.24, 2.45) is 0 Å². The molecule has 0 fully saturated rings. The monoisotopic (exact) mass is 637 g/mol. The fourth-order valence-electron chi connectivity index (χ4n) is 6.79. The molecule has 0 atom stereocenters. The van der Waals surface area contributed by atoms with Crippen molar-refractivity contribution in [3.63, 3.8) is 0 Å². The average molecular weight is 638 g/mol. The number of benzene rings is 7. The number of nitrogens with zero attached hydrogens (tertiary/aromatic N) is 3. The predicted molar refractivity (Wildman–Crippen MR) is 207 cm³/mol. The van der Waals surface area contributed by atoms with Crippen molar-refractivity contribution < 1.29 is 0 Å². The maximum absolute atomic E-state index is 5.24. The topological polar surface area (TPSA) is 38.7 Å². The van der Waals surface area contributed by atoms with Crippen LogP contribution >= 0.6 is 0 Å². The zero-order valence-corrected chi connectivity index (χ0v) is 27.2. The summed E-state index contributed by atoms with van der Waals surface area (Å²) in [4.78, 5) is 14.7. The van der Waals surface area contributed by atoms with Gasteiger partial charge in [0.05, 0.1) is 11.4 Å². The molecular weight excluding hydrogens is 607 g/mol. The van der Waals surface area contributed by atoms with E-state index in [0.29, 0.717) is 5.82 Å². The molecule has 0 unspecified atom stereocenters. The normalized spacial score (nSPS) is 11.2. The van der Waals surface area contributed by atoms with Crippen LogP contribution in [0, 0.1) is 0 Å². The molecule has 0 spiro atoms. The van der Waals surface area contributed by atoms with Gasteiger partial charge in [-0.3, -0.25) is 4.98 Å². The molecule has 7 aromatic carbocycles. The van der Waals surface area contributed by atoms with Gasteiger partial charge in [-0.1, -0.05) is 158 Å². The summed E-state index contributed by atoms with van der Waals surface area (Å²) in [6.45, 7) is 0. The van der Waals surface area contributed by atoms with Crippen LogP contribution in [-0.4, -0.2) is 15.0 Å². The Balaban J connectivity index is 1.15. The first-order chi connectivity index (χ1) is 24.8. The molecule has 234 valence electrons. The minimum absolute atomic E-state index is 0.699. The maximum Gasteiger partial charge on any atom is 0.160 e. The zero-order valence-electron chi connectivity index (χ0n) is 27.2. The van der Waals surface area contributed by atoms with Gasteiger partial charge in [-0.05, 0) is 73.1 Å². The zero-order chi connectivity index (χ0) is 33.3. The van der Waals surface area contributed by atoms with E-state index < -0.39 is 0 Å². The summed E-state index contributed by atoms with van der Waals surface area (Å²) in [6, 6.07) is 62.0. The molecule has 2 heterocycles. The molecule has 0 saturated heterocycles. The van der Waals surface area contributed by atoms with E-state index in [-0.39, 0.29) is 0 Å². The number of fused-ring (bicyclic) bond motifs is 3. The summed E-state index contributed by atoms with van der Waals surface area (Å²) in [5.41, 5.74) is 11.8. The average Bonchev–Trinajstić information content (AvgIpc) is 3.21. The molecule has 3 nitrogen and oxygen atoms in total. The second-order valence-electron chi connectivity index (χ2n) is 12.5. The van der Waals surface area contributed by atoms with Gasteiger partial charge >= 0.3 is 0 Å². The third-order valence-electron chi connectivity index (χ3n) is 9.41. The SMILES string of the molecule is c1ccc(-c2ccc(-c3nc(-c4ccc(-c5ccc(-c6cccnc6)cc5)cc4)cc(-c4cc5ccccc5c5ccccc45)n3)cc2)cc1. The lowest BCUT2D eigenvalue weighted by atomic mass is 9.94. The first-order valence-corrected chi connectivity index (χ1v) is 16.8. The highest BCUT2D eigenvalue weighted by molar-refractivity contribution is 6.13. The molecule has 0 aliphatic heterocycles. The second-order valence-corrected chi connectivity index (χ2v) is 12.5. The molecule has 0 aliphatic carbocycles. The molecule has 3 heteroatoms. The molecular formula is C47H31N3. The molecule has 9 aromatic rings. The number of aromatic nitrogens is 3. The Morgan fingerprint density at radius 3 is 1.48 bits per heavy atom. The molecule has 0 bridgehead atoms. The highest BCUT2D eigenvalue weighted by atomic mass is 14.9. The van der Waals surface area contributed by atoms with Crippen molar-refractivity contribution in [3.8, 4) is 67.3 Å². The number of hydrogen-bond acceptors (Lipinski definition) is 3. The van der Waals surface area contributed by atoms with E-state index >= 15 is 0 Å². The second kappa shape index (κ2) is 12.7. The van der Waals surface area contributed by atoms with Crippen molar-refractivity contribution in [1.29, 1.82) is 0 Å². The lowest BCUT2D eigenvalue weighted by molar-refractivity contribution is 1.19. The summed E-state index contributed by atoms with van der Waals surface area (Å²) in [5, 5.41) is 4.82. The lowest BCUT2D eigenvalue weighted by Gasteiger charge is -2.14. The van der Waals surface area contributed by atoms with Gasteiger partial charge in [0.25, 0.3) is 0 Å². The van der Waals surface area contributed by atoms with Gasteiger partial charge in [-0.25, -0.2) is 9.97 Å². The summed E-state index contributed by atoms with van der Waals surface area (Å²) in [7, 11) is 0. The largest absolute Gasteiger partial charge is 0.264 e. The molecule has 0 N–H and O–H groups in total. The minimum Gasteiger partial charge on any atom is -0.264 e. The fraction of sp³-hybridized carbons (Fsp3) is 0. The number of hydrogen-bond donors (Lipinski definition) is 0. The van der Waals surface area contributed by atoms with Crippen LogP contribution < -0.4 is 0 Å². The first kappa shape index (κ1) is 29.4. The minimum atomic E-state index is 0.699. The summed E-state index contributed by atoms with van der Waals surface area (Å²) >= 11 is 0. The van der Waals surface area contributed by atoms with Gasteiger partial charge in [0, 0.05) is 29.1 Å². The summed E-state index contributed by atoms with van der Waals surface area (Å²) in [5.74, 6) is 0.699. The van der Waals surface area contributed by atoms with Crippen LogP contribution in [0.2, 0.25) is 0 Å². The first-order valence-electron chi connectivity index (χ1n) is 16.8. The Bertz CT molecular complexity index is 2590. The van der Waals surface area contributed by atoms with Crippen molar-refractivity contribution in [3.05, 3.63) is 188 Å². The van der Waals surface area contributed by atoms with Crippen molar-refractivity contribution in [1.82, 2.24) is 15.0 Å². The van der Waals surface area contributed by atoms with E-state index in [2.05, 4.69) is 169 Å². The van der Waals surface area contributed by atoms with Gasteiger partial charge in [0.15, 0.2) is 5.82 Å². The molecule has 0 radical (unpaired) electrons. The Hall–Kier alpha value is -6.71. The van der Waals surface area contributed by atoms with E-state index in [0.717, 1.165) is 55.9 Å². The highest BCUT2D eigenvalue weighted by Crippen LogP contribution is 2.37. The van der Waals surface area contributed by atoms with Gasteiger partial charge in [-0.2, -0.15) is 0 Å². The maximum atomic E-state index is 5.24. The quantitative estimate of drug-likeness (QED) is 0.170. The van der Waals surface area contributed by atoms with Crippen LogP contribution in [0.25, 0.3) is 88.8 Å². The molecule has 0 saturated carbocycles. The fourth-order valence-corrected chi connectivity index (χ4v) is 6.79. The molecule has 0 amide bonds. The number of rotatable bonds is 6. The number of pyridine rings is 1. The standard InChI is InChI=1S/C47H31N3/c1-2-9-32(10-3-1)33-22-26-38(27-23-33)47-49-45(30-46(50-47)44-29-39-11-4-5-13-41(39)42-14-6-7-15-43(42)44)37-24-20-35(21-25-37)34-16-18-36(19-17-34)40-12-8-28-48-31-40/h1-31H. The molecule has 2 aromatic heterocycles. The van der Waals surface area contributed by atoms with Crippen molar-refractivity contribution >= 4 is 21.5 Å². The summed E-state index contributed by atoms with van der Waals surface area (Å²) < 4.78 is 0. The van der Waals surface area contributed by atoms with Gasteiger partial charge in [0.2, 0.25) is 0 Å². The van der Waals surface area contributed by atoms with Gasteiger partial charge in [0.1, 0.15) is 0 Å². The van der Waals surface area contributed by atoms with Crippen LogP contribution in [0.15, 0.2) is 188 Å². The van der Waals surface area contributed by atoms with Gasteiger partial charge < -0.3 is 0 Å². The summed E-state index contributed by atoms with van der Waals surface area (Å²) in [6.07, 6.45) is 3.70. The van der Waals surface area contributed by atoms with Crippen LogP contribution in [-0.2, 0) is 0 Å². The molecule has 9 rings (SSSR count).